The van der Waals surface area contributed by atoms with Crippen molar-refractivity contribution in [3.05, 3.63) is 35.9 Å². The van der Waals surface area contributed by atoms with Crippen LogP contribution in [-0.2, 0) is 4.79 Å². The van der Waals surface area contributed by atoms with Crippen LogP contribution in [0.5, 0.6) is 0 Å². The molecular weight excluding hydrogens is 171 g/mol. The number of hydrogen-bond acceptors (Lipinski definition) is 1. The third kappa shape index (κ3) is 1.20. The molecule has 1 aromatic carbocycles. The van der Waals surface area contributed by atoms with E-state index < -0.39 is 17.6 Å². The number of carboxylic acid groups (broad SMARTS) is 1. The lowest BCUT2D eigenvalue weighted by Crippen LogP contribution is -2.17. The monoisotopic (exact) mass is 180 g/mol. The van der Waals surface area contributed by atoms with Crippen molar-refractivity contribution in [1.29, 1.82) is 0 Å². The van der Waals surface area contributed by atoms with Crippen LogP contribution in [0.4, 0.5) is 4.39 Å². The summed E-state index contributed by atoms with van der Waals surface area (Å²) in [5.41, 5.74) is -1.24. The fourth-order valence-corrected chi connectivity index (χ4v) is 1.54. The van der Waals surface area contributed by atoms with Crippen LogP contribution >= 0.6 is 0 Å². The van der Waals surface area contributed by atoms with Crippen molar-refractivity contribution in [2.75, 3.05) is 0 Å². The molecule has 0 heterocycles. The number of halogens is 1. The summed E-state index contributed by atoms with van der Waals surface area (Å²) < 4.78 is 13.4. The fourth-order valence-electron chi connectivity index (χ4n) is 1.54. The molecule has 13 heavy (non-hydrogen) atoms. The molecule has 0 radical (unpaired) electrons. The Hall–Kier alpha value is -1.38. The van der Waals surface area contributed by atoms with Crippen LogP contribution < -0.4 is 0 Å². The third-order valence-electron chi connectivity index (χ3n) is 2.45. The number of hydrogen-bond donors (Lipinski definition) is 1. The van der Waals surface area contributed by atoms with Gasteiger partial charge in [0.1, 0.15) is 0 Å². The molecule has 0 unspecified atom stereocenters. The summed E-state index contributed by atoms with van der Waals surface area (Å²) in [5, 5.41) is 8.57. The van der Waals surface area contributed by atoms with Gasteiger partial charge >= 0.3 is 5.97 Å². The number of aliphatic carboxylic acids is 1. The van der Waals surface area contributed by atoms with E-state index in [1.54, 1.807) is 24.3 Å². The zero-order chi connectivity index (χ0) is 9.47. The van der Waals surface area contributed by atoms with Gasteiger partial charge in [0, 0.05) is 12.3 Å². The molecule has 0 aliphatic heterocycles. The van der Waals surface area contributed by atoms with Crippen molar-refractivity contribution < 1.29 is 14.3 Å². The van der Waals surface area contributed by atoms with Crippen LogP contribution in [0, 0.1) is 0 Å². The normalized spacial score (nSPS) is 31.3. The highest BCUT2D eigenvalue weighted by molar-refractivity contribution is 5.83. The molecule has 3 heteroatoms. The largest absolute Gasteiger partial charge is 0.479 e. The van der Waals surface area contributed by atoms with Gasteiger partial charge in [0.15, 0.2) is 0 Å². The molecule has 2 rings (SSSR count). The molecule has 0 spiro atoms. The molecule has 1 saturated carbocycles. The summed E-state index contributed by atoms with van der Waals surface area (Å²) in [6.45, 7) is 0. The Labute approximate surface area is 75.0 Å². The lowest BCUT2D eigenvalue weighted by molar-refractivity contribution is -0.144. The van der Waals surface area contributed by atoms with E-state index in [-0.39, 0.29) is 6.42 Å². The predicted octanol–water partition coefficient (Wildman–Crippen LogP) is 1.97. The summed E-state index contributed by atoms with van der Waals surface area (Å²) >= 11 is 0. The molecule has 1 aromatic rings. The van der Waals surface area contributed by atoms with Crippen molar-refractivity contribution in [3.8, 4) is 0 Å². The second-order valence-corrected chi connectivity index (χ2v) is 3.34. The highest BCUT2D eigenvalue weighted by Gasteiger charge is 2.62. The van der Waals surface area contributed by atoms with Crippen molar-refractivity contribution >= 4 is 5.97 Å². The van der Waals surface area contributed by atoms with E-state index in [4.69, 9.17) is 5.11 Å². The predicted molar refractivity (Wildman–Crippen MR) is 45.3 cm³/mol. The fraction of sp³-hybridized carbons (Fsp3) is 0.300. The smallest absolute Gasteiger partial charge is 0.342 e. The van der Waals surface area contributed by atoms with Crippen LogP contribution in [0.15, 0.2) is 30.3 Å². The molecule has 1 aliphatic carbocycles. The number of carbonyl (C=O) groups is 1. The molecule has 68 valence electrons. The maximum absolute atomic E-state index is 13.4. The maximum atomic E-state index is 13.4. The Bertz CT molecular complexity index is 336. The molecule has 2 nitrogen and oxygen atoms in total. The Morgan fingerprint density at radius 1 is 1.46 bits per heavy atom. The summed E-state index contributed by atoms with van der Waals surface area (Å²) in [6, 6.07) is 8.92. The van der Waals surface area contributed by atoms with Crippen molar-refractivity contribution in [1.82, 2.24) is 0 Å². The van der Waals surface area contributed by atoms with Crippen LogP contribution in [0.25, 0.3) is 0 Å². The second kappa shape index (κ2) is 2.55. The van der Waals surface area contributed by atoms with E-state index in [1.807, 2.05) is 6.07 Å². The minimum atomic E-state index is -2.01. The van der Waals surface area contributed by atoms with E-state index in [0.29, 0.717) is 0 Å². The van der Waals surface area contributed by atoms with Gasteiger partial charge < -0.3 is 5.11 Å². The van der Waals surface area contributed by atoms with Crippen LogP contribution in [0.3, 0.4) is 0 Å². The lowest BCUT2D eigenvalue weighted by Gasteiger charge is -2.00. The summed E-state index contributed by atoms with van der Waals surface area (Å²) in [4.78, 5) is 10.5. The average Bonchev–Trinajstić information content (AvgIpc) is 2.81. The minimum Gasteiger partial charge on any atom is -0.479 e. The molecule has 1 N–H and O–H groups in total. The van der Waals surface area contributed by atoms with Crippen molar-refractivity contribution in [2.24, 2.45) is 0 Å². The van der Waals surface area contributed by atoms with Gasteiger partial charge in [0.25, 0.3) is 0 Å². The first kappa shape index (κ1) is 8.23. The van der Waals surface area contributed by atoms with Gasteiger partial charge in [0.2, 0.25) is 5.67 Å². The molecule has 0 bridgehead atoms. The first-order valence-corrected chi connectivity index (χ1v) is 4.12. The van der Waals surface area contributed by atoms with Gasteiger partial charge in [-0.15, -0.1) is 0 Å². The second-order valence-electron chi connectivity index (χ2n) is 3.34. The Kier molecular flexibility index (Phi) is 1.62. The quantitative estimate of drug-likeness (QED) is 0.755. The van der Waals surface area contributed by atoms with E-state index in [2.05, 4.69) is 0 Å². The molecule has 1 fully saturated rings. The molecule has 2 atom stereocenters. The molecule has 0 aromatic heterocycles. The number of alkyl halides is 1. The lowest BCUT2D eigenvalue weighted by atomic mass is 10.1. The maximum Gasteiger partial charge on any atom is 0.342 e. The molecular formula is C10H9FO2. The molecule has 0 saturated heterocycles. The SMILES string of the molecule is O=C(O)[C@@]1(F)C[C@H]1c1ccccc1. The van der Waals surface area contributed by atoms with Gasteiger partial charge in [-0.2, -0.15) is 0 Å². The highest BCUT2D eigenvalue weighted by atomic mass is 19.1. The van der Waals surface area contributed by atoms with Gasteiger partial charge in [0.05, 0.1) is 0 Å². The minimum absolute atomic E-state index is 0.104. The Morgan fingerprint density at radius 3 is 2.54 bits per heavy atom. The van der Waals surface area contributed by atoms with E-state index in [1.165, 1.54) is 0 Å². The van der Waals surface area contributed by atoms with Crippen LogP contribution in [0.2, 0.25) is 0 Å². The molecule has 1 aliphatic rings. The third-order valence-corrected chi connectivity index (χ3v) is 2.45. The van der Waals surface area contributed by atoms with Crippen LogP contribution in [-0.4, -0.2) is 16.7 Å². The molecule has 0 amide bonds. The van der Waals surface area contributed by atoms with Gasteiger partial charge in [-0.25, -0.2) is 9.18 Å². The number of rotatable bonds is 2. The van der Waals surface area contributed by atoms with E-state index in [9.17, 15) is 9.18 Å². The zero-order valence-corrected chi connectivity index (χ0v) is 6.90. The summed E-state index contributed by atoms with van der Waals surface area (Å²) in [7, 11) is 0. The standard InChI is InChI=1S/C10H9FO2/c11-10(9(12)13)6-8(10)7-4-2-1-3-5-7/h1-5,8H,6H2,(H,12,13)/t8-,10+/m0/s1. The van der Waals surface area contributed by atoms with Crippen molar-refractivity contribution in [2.45, 2.75) is 18.0 Å². The Morgan fingerprint density at radius 2 is 2.08 bits per heavy atom. The van der Waals surface area contributed by atoms with Gasteiger partial charge in [-0.1, -0.05) is 30.3 Å². The zero-order valence-electron chi connectivity index (χ0n) is 6.90. The Balaban J connectivity index is 2.21. The number of carboxylic acids is 1. The van der Waals surface area contributed by atoms with E-state index >= 15 is 0 Å². The van der Waals surface area contributed by atoms with Crippen molar-refractivity contribution in [3.63, 3.8) is 0 Å². The first-order chi connectivity index (χ1) is 6.14. The topological polar surface area (TPSA) is 37.3 Å². The number of benzene rings is 1. The van der Waals surface area contributed by atoms with Gasteiger partial charge in [-0.3, -0.25) is 0 Å². The first-order valence-electron chi connectivity index (χ1n) is 4.12. The highest BCUT2D eigenvalue weighted by Crippen LogP contribution is 2.54. The summed E-state index contributed by atoms with van der Waals surface area (Å²) in [6.07, 6.45) is 0.104. The van der Waals surface area contributed by atoms with E-state index in [0.717, 1.165) is 5.56 Å². The van der Waals surface area contributed by atoms with Gasteiger partial charge in [-0.05, 0) is 5.56 Å². The average molecular weight is 180 g/mol. The van der Waals surface area contributed by atoms with Crippen LogP contribution in [0.1, 0.15) is 17.9 Å². The summed E-state index contributed by atoms with van der Waals surface area (Å²) in [5.74, 6) is -1.80.